The van der Waals surface area contributed by atoms with Gasteiger partial charge in [0, 0.05) is 24.7 Å². The molecule has 2 aromatic rings. The van der Waals surface area contributed by atoms with Crippen LogP contribution in [0.15, 0.2) is 47.4 Å². The predicted molar refractivity (Wildman–Crippen MR) is 116 cm³/mol. The number of amides is 1. The molecule has 0 unspecified atom stereocenters. The first-order valence-electron chi connectivity index (χ1n) is 9.72. The molecule has 1 fully saturated rings. The van der Waals surface area contributed by atoms with Gasteiger partial charge < -0.3 is 14.8 Å². The number of nitrogens with zero attached hydrogens (tertiary/aromatic N) is 1. The molecule has 1 aliphatic rings. The van der Waals surface area contributed by atoms with Gasteiger partial charge in [-0.25, -0.2) is 8.42 Å². The third-order valence-electron chi connectivity index (χ3n) is 5.02. The number of sulfonamides is 1. The van der Waals surface area contributed by atoms with Crippen LogP contribution in [-0.4, -0.2) is 45.4 Å². The number of halogens is 1. The first kappa shape index (κ1) is 22.4. The van der Waals surface area contributed by atoms with Gasteiger partial charge in [0.05, 0.1) is 23.6 Å². The fourth-order valence-corrected chi connectivity index (χ4v) is 5.10. The molecule has 0 radical (unpaired) electrons. The van der Waals surface area contributed by atoms with Crippen LogP contribution in [0.4, 0.5) is 5.69 Å². The van der Waals surface area contributed by atoms with Crippen LogP contribution in [0.2, 0.25) is 5.02 Å². The van der Waals surface area contributed by atoms with Gasteiger partial charge in [0.25, 0.3) is 0 Å². The maximum absolute atomic E-state index is 12.9. The van der Waals surface area contributed by atoms with Crippen molar-refractivity contribution in [3.05, 3.63) is 47.5 Å². The number of piperidine rings is 1. The van der Waals surface area contributed by atoms with Crippen molar-refractivity contribution in [1.82, 2.24) is 4.31 Å². The summed E-state index contributed by atoms with van der Waals surface area (Å²) in [5.74, 6) is 0.750. The number of rotatable bonds is 7. The minimum Gasteiger partial charge on any atom is -0.495 e. The maximum atomic E-state index is 12.9. The fourth-order valence-electron chi connectivity index (χ4n) is 3.37. The number of hydrogen-bond donors (Lipinski definition) is 1. The topological polar surface area (TPSA) is 84.9 Å². The van der Waals surface area contributed by atoms with Gasteiger partial charge in [0.2, 0.25) is 15.9 Å². The van der Waals surface area contributed by atoms with E-state index in [0.717, 1.165) is 0 Å². The summed E-state index contributed by atoms with van der Waals surface area (Å²) in [6.45, 7) is 2.96. The lowest BCUT2D eigenvalue weighted by molar-refractivity contribution is -0.120. The van der Waals surface area contributed by atoms with Crippen LogP contribution >= 0.6 is 11.6 Å². The molecule has 0 aromatic heterocycles. The average molecular weight is 453 g/mol. The van der Waals surface area contributed by atoms with Crippen molar-refractivity contribution in [2.24, 2.45) is 5.92 Å². The standard InChI is InChI=1S/C21H25ClN2O5S/c1-3-29-17-5-7-18(8-6-17)30(26,27)24-12-10-15(11-13-24)21(25)23-16-4-9-20(28-2)19(22)14-16/h4-9,14-15H,3,10-13H2,1-2H3,(H,23,25). The highest BCUT2D eigenvalue weighted by molar-refractivity contribution is 7.89. The Labute approximate surface area is 182 Å². The van der Waals surface area contributed by atoms with Gasteiger partial charge in [-0.1, -0.05) is 11.6 Å². The Balaban J connectivity index is 1.59. The second-order valence-electron chi connectivity index (χ2n) is 6.92. The highest BCUT2D eigenvalue weighted by Crippen LogP contribution is 2.29. The Bertz CT molecular complexity index is 987. The lowest BCUT2D eigenvalue weighted by Gasteiger charge is -2.30. The molecule has 0 bridgehead atoms. The number of carbonyl (C=O) groups excluding carboxylic acids is 1. The molecule has 1 amide bonds. The van der Waals surface area contributed by atoms with E-state index in [9.17, 15) is 13.2 Å². The lowest BCUT2D eigenvalue weighted by atomic mass is 9.97. The van der Waals surface area contributed by atoms with Gasteiger partial charge in [0.15, 0.2) is 0 Å². The van der Waals surface area contributed by atoms with Crippen molar-refractivity contribution in [2.75, 3.05) is 32.1 Å². The van der Waals surface area contributed by atoms with E-state index in [0.29, 0.717) is 41.7 Å². The second kappa shape index (κ2) is 9.68. The van der Waals surface area contributed by atoms with Gasteiger partial charge in [0.1, 0.15) is 11.5 Å². The second-order valence-corrected chi connectivity index (χ2v) is 9.27. The van der Waals surface area contributed by atoms with Gasteiger partial charge >= 0.3 is 0 Å². The smallest absolute Gasteiger partial charge is 0.243 e. The Morgan fingerprint density at radius 3 is 2.40 bits per heavy atom. The number of carbonyl (C=O) groups is 1. The minimum absolute atomic E-state index is 0.144. The molecule has 3 rings (SSSR count). The highest BCUT2D eigenvalue weighted by Gasteiger charge is 2.32. The van der Waals surface area contributed by atoms with Crippen molar-refractivity contribution in [3.63, 3.8) is 0 Å². The van der Waals surface area contributed by atoms with Crippen LogP contribution in [0, 0.1) is 5.92 Å². The monoisotopic (exact) mass is 452 g/mol. The van der Waals surface area contributed by atoms with E-state index in [4.69, 9.17) is 21.1 Å². The van der Waals surface area contributed by atoms with E-state index in [2.05, 4.69) is 5.32 Å². The number of ether oxygens (including phenoxy) is 2. The molecule has 0 spiro atoms. The van der Waals surface area contributed by atoms with Crippen LogP contribution in [0.1, 0.15) is 19.8 Å². The number of benzene rings is 2. The van der Waals surface area contributed by atoms with Crippen LogP contribution in [0.25, 0.3) is 0 Å². The molecule has 0 aliphatic carbocycles. The number of hydrogen-bond acceptors (Lipinski definition) is 5. The van der Waals surface area contributed by atoms with E-state index in [1.54, 1.807) is 42.5 Å². The molecular weight excluding hydrogens is 428 g/mol. The Morgan fingerprint density at radius 2 is 1.83 bits per heavy atom. The Kier molecular flexibility index (Phi) is 7.23. The summed E-state index contributed by atoms with van der Waals surface area (Å²) in [7, 11) is -2.08. The zero-order chi connectivity index (χ0) is 21.7. The first-order valence-corrected chi connectivity index (χ1v) is 11.5. The van der Waals surface area contributed by atoms with Crippen molar-refractivity contribution in [1.29, 1.82) is 0 Å². The molecule has 1 aliphatic heterocycles. The van der Waals surface area contributed by atoms with Crippen LogP contribution < -0.4 is 14.8 Å². The highest BCUT2D eigenvalue weighted by atomic mass is 35.5. The summed E-state index contributed by atoms with van der Waals surface area (Å²) >= 11 is 6.10. The summed E-state index contributed by atoms with van der Waals surface area (Å²) in [6, 6.07) is 11.4. The van der Waals surface area contributed by atoms with Gasteiger partial charge in [-0.05, 0) is 62.2 Å². The summed E-state index contributed by atoms with van der Waals surface area (Å²) in [5, 5.41) is 3.26. The zero-order valence-corrected chi connectivity index (χ0v) is 18.5. The van der Waals surface area contributed by atoms with Gasteiger partial charge in [-0.2, -0.15) is 4.31 Å². The van der Waals surface area contributed by atoms with Crippen molar-refractivity contribution < 1.29 is 22.7 Å². The molecule has 9 heteroatoms. The largest absolute Gasteiger partial charge is 0.495 e. The maximum Gasteiger partial charge on any atom is 0.243 e. The van der Waals surface area contributed by atoms with Crippen LogP contribution in [0.3, 0.4) is 0 Å². The summed E-state index contributed by atoms with van der Waals surface area (Å²) in [5.41, 5.74) is 0.579. The molecule has 30 heavy (non-hydrogen) atoms. The summed E-state index contributed by atoms with van der Waals surface area (Å²) < 4.78 is 37.7. The van der Waals surface area contributed by atoms with Crippen molar-refractivity contribution in [2.45, 2.75) is 24.7 Å². The fraction of sp³-hybridized carbons (Fsp3) is 0.381. The molecule has 162 valence electrons. The van der Waals surface area contributed by atoms with Crippen LogP contribution in [-0.2, 0) is 14.8 Å². The molecule has 0 saturated carbocycles. The van der Waals surface area contributed by atoms with E-state index < -0.39 is 10.0 Å². The third kappa shape index (κ3) is 5.06. The van der Waals surface area contributed by atoms with E-state index in [1.165, 1.54) is 11.4 Å². The quantitative estimate of drug-likeness (QED) is 0.690. The number of nitrogens with one attached hydrogen (secondary N) is 1. The normalized spacial score (nSPS) is 15.6. The SMILES string of the molecule is CCOc1ccc(S(=O)(=O)N2CCC(C(=O)Nc3ccc(OC)c(Cl)c3)CC2)cc1. The number of anilines is 1. The van der Waals surface area contributed by atoms with Gasteiger partial charge in [-0.3, -0.25) is 4.79 Å². The predicted octanol–water partition coefficient (Wildman–Crippen LogP) is 3.79. The first-order chi connectivity index (χ1) is 14.3. The van der Waals surface area contributed by atoms with E-state index in [-0.39, 0.29) is 29.8 Å². The van der Waals surface area contributed by atoms with Crippen molar-refractivity contribution in [3.8, 4) is 11.5 Å². The van der Waals surface area contributed by atoms with E-state index >= 15 is 0 Å². The Hall–Kier alpha value is -2.29. The summed E-state index contributed by atoms with van der Waals surface area (Å²) in [4.78, 5) is 12.8. The van der Waals surface area contributed by atoms with Gasteiger partial charge in [-0.15, -0.1) is 0 Å². The third-order valence-corrected chi connectivity index (χ3v) is 7.22. The lowest BCUT2D eigenvalue weighted by Crippen LogP contribution is -2.41. The van der Waals surface area contributed by atoms with Crippen LogP contribution in [0.5, 0.6) is 11.5 Å². The molecule has 1 N–H and O–H groups in total. The Morgan fingerprint density at radius 1 is 1.17 bits per heavy atom. The molecule has 0 atom stereocenters. The summed E-state index contributed by atoms with van der Waals surface area (Å²) in [6.07, 6.45) is 0.901. The molecule has 7 nitrogen and oxygen atoms in total. The molecule has 1 heterocycles. The van der Waals surface area contributed by atoms with Crippen molar-refractivity contribution >= 4 is 33.2 Å². The number of methoxy groups -OCH3 is 1. The molecule has 2 aromatic carbocycles. The molecular formula is C21H25ClN2O5S. The average Bonchev–Trinajstić information content (AvgIpc) is 2.74. The molecule has 1 saturated heterocycles. The van der Waals surface area contributed by atoms with E-state index in [1.807, 2.05) is 6.92 Å². The zero-order valence-electron chi connectivity index (χ0n) is 16.9. The minimum atomic E-state index is -3.60.